The summed E-state index contributed by atoms with van der Waals surface area (Å²) in [6, 6.07) is 24.8. The second-order valence-corrected chi connectivity index (χ2v) is 8.63. The Balaban J connectivity index is 1.62. The van der Waals surface area contributed by atoms with Crippen LogP contribution in [0.25, 0.3) is 27.7 Å². The van der Waals surface area contributed by atoms with Crippen LogP contribution in [0.2, 0.25) is 0 Å². The van der Waals surface area contributed by atoms with Crippen molar-refractivity contribution < 1.29 is 20.1 Å². The number of fused-ring (bicyclic) bond motifs is 1. The summed E-state index contributed by atoms with van der Waals surface area (Å²) in [6.45, 7) is 4.00. The summed E-state index contributed by atoms with van der Waals surface area (Å²) in [7, 11) is 0. The van der Waals surface area contributed by atoms with Gasteiger partial charge < -0.3 is 15.3 Å². The minimum atomic E-state index is -1.06. The van der Waals surface area contributed by atoms with Gasteiger partial charge in [-0.15, -0.1) is 10.2 Å². The minimum absolute atomic E-state index is 0.0105. The van der Waals surface area contributed by atoms with E-state index in [0.717, 1.165) is 16.7 Å². The van der Waals surface area contributed by atoms with E-state index >= 15 is 0 Å². The van der Waals surface area contributed by atoms with Crippen molar-refractivity contribution in [1.29, 1.82) is 0 Å². The molecule has 178 valence electrons. The van der Waals surface area contributed by atoms with E-state index < -0.39 is 5.97 Å². The minimum Gasteiger partial charge on any atom is -0.505 e. The monoisotopic (exact) mass is 477 g/mol. The number of rotatable bonds is 5. The Morgan fingerprint density at radius 2 is 1.53 bits per heavy atom. The molecule has 4 aromatic carbocycles. The number of aromatic hydroxyl groups is 2. The topological polar surface area (TPSA) is 107 Å². The first-order valence-electron chi connectivity index (χ1n) is 11.3. The molecular formula is C29H23N3O4. The second kappa shape index (κ2) is 9.03. The second-order valence-electron chi connectivity index (χ2n) is 8.63. The Labute approximate surface area is 207 Å². The molecule has 0 saturated heterocycles. The summed E-state index contributed by atoms with van der Waals surface area (Å²) in [6.07, 6.45) is 0. The smallest absolute Gasteiger partial charge is 0.335 e. The standard InChI is InChI=1S/C29H23N3O4/c1-17-13-18(2)15-20(14-17)22-10-6-11-24(27(22)33)30-31-26-23-9-3-4-12-25(23)32(28(26)34)21-8-5-7-19(16-21)29(35)36/h3-16,33-34H,1-2H3,(H,35,36). The van der Waals surface area contributed by atoms with E-state index in [-0.39, 0.29) is 28.6 Å². The zero-order chi connectivity index (χ0) is 25.4. The van der Waals surface area contributed by atoms with Gasteiger partial charge in [0.1, 0.15) is 5.69 Å². The number of aryl methyl sites for hydroxylation is 2. The number of benzene rings is 4. The highest BCUT2D eigenvalue weighted by atomic mass is 16.4. The highest BCUT2D eigenvalue weighted by Gasteiger charge is 2.19. The maximum absolute atomic E-state index is 11.5. The average molecular weight is 478 g/mol. The number of hydrogen-bond acceptors (Lipinski definition) is 5. The van der Waals surface area contributed by atoms with Gasteiger partial charge in [0, 0.05) is 16.6 Å². The molecule has 3 N–H and O–H groups in total. The maximum Gasteiger partial charge on any atom is 0.335 e. The molecule has 5 rings (SSSR count). The lowest BCUT2D eigenvalue weighted by atomic mass is 9.99. The first kappa shape index (κ1) is 22.9. The van der Waals surface area contributed by atoms with Crippen molar-refractivity contribution in [1.82, 2.24) is 4.57 Å². The van der Waals surface area contributed by atoms with Crippen LogP contribution in [0.5, 0.6) is 11.6 Å². The van der Waals surface area contributed by atoms with Crippen molar-refractivity contribution in [2.45, 2.75) is 13.8 Å². The van der Waals surface area contributed by atoms with Gasteiger partial charge in [-0.1, -0.05) is 65.7 Å². The predicted octanol–water partition coefficient (Wildman–Crippen LogP) is 7.44. The maximum atomic E-state index is 11.5. The first-order valence-corrected chi connectivity index (χ1v) is 11.3. The summed E-state index contributed by atoms with van der Waals surface area (Å²) >= 11 is 0. The molecule has 1 aromatic heterocycles. The summed E-state index contributed by atoms with van der Waals surface area (Å²) in [5, 5.41) is 40.7. The lowest BCUT2D eigenvalue weighted by molar-refractivity contribution is 0.0697. The Hall–Kier alpha value is -4.91. The number of para-hydroxylation sites is 2. The molecule has 0 spiro atoms. The molecule has 7 nitrogen and oxygen atoms in total. The van der Waals surface area contributed by atoms with Crippen LogP contribution in [0.4, 0.5) is 11.4 Å². The number of carboxylic acids is 1. The van der Waals surface area contributed by atoms with Crippen LogP contribution in [0.15, 0.2) is 95.2 Å². The number of aromatic carboxylic acids is 1. The number of hydrogen-bond donors (Lipinski definition) is 3. The number of carboxylic acid groups (broad SMARTS) is 1. The quantitative estimate of drug-likeness (QED) is 0.229. The lowest BCUT2D eigenvalue weighted by Gasteiger charge is -2.09. The van der Waals surface area contributed by atoms with E-state index in [1.807, 2.05) is 44.2 Å². The fourth-order valence-electron chi connectivity index (χ4n) is 4.43. The van der Waals surface area contributed by atoms with Gasteiger partial charge >= 0.3 is 5.97 Å². The molecule has 0 unspecified atom stereocenters. The van der Waals surface area contributed by atoms with Crippen LogP contribution >= 0.6 is 0 Å². The highest BCUT2D eigenvalue weighted by molar-refractivity contribution is 5.97. The Morgan fingerprint density at radius 3 is 2.28 bits per heavy atom. The Kier molecular flexibility index (Phi) is 5.74. The Bertz CT molecular complexity index is 1650. The molecule has 0 amide bonds. The number of carbonyl (C=O) groups is 1. The zero-order valence-electron chi connectivity index (χ0n) is 19.7. The van der Waals surface area contributed by atoms with E-state index in [4.69, 9.17) is 0 Å². The number of phenolic OH excluding ortho intramolecular Hbond substituents is 1. The number of phenols is 1. The SMILES string of the molecule is Cc1cc(C)cc(-c2cccc(N=Nc3c(O)n(-c4cccc(C(=O)O)c4)c4ccccc34)c2O)c1. The molecule has 7 heteroatoms. The molecule has 0 aliphatic rings. The van der Waals surface area contributed by atoms with Gasteiger partial charge in [0.25, 0.3) is 0 Å². The van der Waals surface area contributed by atoms with E-state index in [2.05, 4.69) is 16.3 Å². The summed E-state index contributed by atoms with van der Waals surface area (Å²) in [4.78, 5) is 11.5. The molecule has 0 aliphatic heterocycles. The van der Waals surface area contributed by atoms with Gasteiger partial charge in [-0.2, -0.15) is 0 Å². The lowest BCUT2D eigenvalue weighted by Crippen LogP contribution is -1.99. The van der Waals surface area contributed by atoms with Crippen molar-refractivity contribution in [3.8, 4) is 28.4 Å². The van der Waals surface area contributed by atoms with E-state index in [9.17, 15) is 20.1 Å². The molecule has 0 aliphatic carbocycles. The number of aromatic nitrogens is 1. The molecular weight excluding hydrogens is 454 g/mol. The molecule has 0 bridgehead atoms. The molecule has 1 heterocycles. The average Bonchev–Trinajstić information content (AvgIpc) is 3.14. The zero-order valence-corrected chi connectivity index (χ0v) is 19.7. The third kappa shape index (κ3) is 4.07. The van der Waals surface area contributed by atoms with E-state index in [1.165, 1.54) is 16.7 Å². The van der Waals surface area contributed by atoms with E-state index in [0.29, 0.717) is 22.2 Å². The van der Waals surface area contributed by atoms with E-state index in [1.54, 1.807) is 36.4 Å². The molecule has 0 radical (unpaired) electrons. The van der Waals surface area contributed by atoms with Crippen LogP contribution < -0.4 is 0 Å². The highest BCUT2D eigenvalue weighted by Crippen LogP contribution is 2.43. The van der Waals surface area contributed by atoms with Gasteiger partial charge in [0.2, 0.25) is 5.88 Å². The third-order valence-corrected chi connectivity index (χ3v) is 5.98. The summed E-state index contributed by atoms with van der Waals surface area (Å²) in [5.74, 6) is -1.26. The fourth-order valence-corrected chi connectivity index (χ4v) is 4.43. The summed E-state index contributed by atoms with van der Waals surface area (Å²) in [5.41, 5.74) is 5.36. The number of azo groups is 1. The predicted molar refractivity (Wildman–Crippen MR) is 139 cm³/mol. The first-order chi connectivity index (χ1) is 17.3. The van der Waals surface area contributed by atoms with Crippen molar-refractivity contribution in [3.63, 3.8) is 0 Å². The molecule has 0 fully saturated rings. The van der Waals surface area contributed by atoms with Crippen LogP contribution in [0.1, 0.15) is 21.5 Å². The van der Waals surface area contributed by atoms with Crippen molar-refractivity contribution in [2.75, 3.05) is 0 Å². The molecule has 36 heavy (non-hydrogen) atoms. The van der Waals surface area contributed by atoms with Crippen molar-refractivity contribution in [3.05, 3.63) is 102 Å². The van der Waals surface area contributed by atoms with Gasteiger partial charge in [-0.05, 0) is 49.7 Å². The molecule has 5 aromatic rings. The van der Waals surface area contributed by atoms with Crippen LogP contribution in [0.3, 0.4) is 0 Å². The van der Waals surface area contributed by atoms with Gasteiger partial charge in [-0.25, -0.2) is 4.79 Å². The normalized spacial score (nSPS) is 11.4. The third-order valence-electron chi connectivity index (χ3n) is 5.98. The molecule has 0 atom stereocenters. The van der Waals surface area contributed by atoms with Crippen LogP contribution in [-0.2, 0) is 0 Å². The van der Waals surface area contributed by atoms with Crippen LogP contribution in [0, 0.1) is 13.8 Å². The van der Waals surface area contributed by atoms with Crippen molar-refractivity contribution in [2.24, 2.45) is 10.2 Å². The summed E-state index contributed by atoms with van der Waals surface area (Å²) < 4.78 is 1.53. The van der Waals surface area contributed by atoms with Crippen LogP contribution in [-0.4, -0.2) is 25.9 Å². The molecule has 0 saturated carbocycles. The largest absolute Gasteiger partial charge is 0.505 e. The number of nitrogens with zero attached hydrogens (tertiary/aromatic N) is 3. The Morgan fingerprint density at radius 1 is 0.806 bits per heavy atom. The fraction of sp³-hybridized carbons (Fsp3) is 0.0690. The van der Waals surface area contributed by atoms with Gasteiger partial charge in [0.15, 0.2) is 11.4 Å². The van der Waals surface area contributed by atoms with Gasteiger partial charge in [-0.3, -0.25) is 4.57 Å². The van der Waals surface area contributed by atoms with Gasteiger partial charge in [0.05, 0.1) is 11.1 Å². The van der Waals surface area contributed by atoms with Crippen molar-refractivity contribution >= 4 is 28.2 Å².